The van der Waals surface area contributed by atoms with E-state index in [0.29, 0.717) is 12.1 Å². The minimum absolute atomic E-state index is 0.0214. The molecule has 0 bridgehead atoms. The Bertz CT molecular complexity index is 230. The highest BCUT2D eigenvalue weighted by molar-refractivity contribution is 5.71. The third-order valence-electron chi connectivity index (χ3n) is 2.84. The molecule has 0 aromatic rings. The van der Waals surface area contributed by atoms with Gasteiger partial charge in [-0.05, 0) is 26.2 Å². The molecule has 1 aliphatic carbocycles. The fourth-order valence-electron chi connectivity index (χ4n) is 2.05. The number of ether oxygens (including phenoxy) is 1. The highest BCUT2D eigenvalue weighted by atomic mass is 16.5. The normalized spacial score (nSPS) is 20.2. The third-order valence-corrected chi connectivity index (χ3v) is 2.84. The first kappa shape index (κ1) is 12.2. The van der Waals surface area contributed by atoms with E-state index in [1.165, 1.54) is 7.11 Å². The van der Waals surface area contributed by atoms with Crippen LogP contribution in [0.3, 0.4) is 0 Å². The second-order valence-corrected chi connectivity index (χ2v) is 4.37. The van der Waals surface area contributed by atoms with E-state index in [9.17, 15) is 4.79 Å². The third kappa shape index (κ3) is 4.04. The number of hydrogen-bond donors (Lipinski definition) is 1. The Morgan fingerprint density at radius 3 is 2.60 bits per heavy atom. The lowest BCUT2D eigenvalue weighted by Gasteiger charge is -2.21. The average molecular weight is 211 g/mol. The van der Waals surface area contributed by atoms with Gasteiger partial charge < -0.3 is 10.1 Å². The highest BCUT2D eigenvalue weighted by Crippen LogP contribution is 2.13. The van der Waals surface area contributed by atoms with Gasteiger partial charge in [-0.25, -0.2) is 0 Å². The zero-order chi connectivity index (χ0) is 11.3. The summed E-state index contributed by atoms with van der Waals surface area (Å²) in [6.45, 7) is 4.04. The van der Waals surface area contributed by atoms with E-state index >= 15 is 0 Å². The molecule has 0 heterocycles. The molecule has 0 amide bonds. The Morgan fingerprint density at radius 1 is 1.47 bits per heavy atom. The van der Waals surface area contributed by atoms with E-state index in [-0.39, 0.29) is 11.9 Å². The van der Waals surface area contributed by atoms with Crippen molar-refractivity contribution in [3.8, 4) is 0 Å². The highest BCUT2D eigenvalue weighted by Gasteiger charge is 2.19. The molecule has 2 unspecified atom stereocenters. The Morgan fingerprint density at radius 2 is 2.07 bits per heavy atom. The Hall–Kier alpha value is -0.830. The second kappa shape index (κ2) is 5.91. The van der Waals surface area contributed by atoms with Crippen molar-refractivity contribution in [1.82, 2.24) is 5.32 Å². The van der Waals surface area contributed by atoms with Crippen LogP contribution < -0.4 is 5.32 Å². The molecule has 0 aliphatic heterocycles. The Kier molecular flexibility index (Phi) is 4.82. The first-order chi connectivity index (χ1) is 7.13. The lowest BCUT2D eigenvalue weighted by atomic mass is 10.0. The van der Waals surface area contributed by atoms with Crippen LogP contribution in [0.2, 0.25) is 0 Å². The van der Waals surface area contributed by atoms with Gasteiger partial charge in [0.25, 0.3) is 0 Å². The standard InChI is InChI=1S/C12H21NO2/c1-9(12(14)15-3)8-10(2)13-11-6-4-5-7-11/h4-5,9-11,13H,6-8H2,1-3H3. The fourth-order valence-corrected chi connectivity index (χ4v) is 2.05. The lowest BCUT2D eigenvalue weighted by Crippen LogP contribution is -2.36. The van der Waals surface area contributed by atoms with E-state index in [4.69, 9.17) is 4.74 Å². The summed E-state index contributed by atoms with van der Waals surface area (Å²) in [7, 11) is 1.44. The Balaban J connectivity index is 2.22. The monoisotopic (exact) mass is 211 g/mol. The number of nitrogens with one attached hydrogen (secondary N) is 1. The molecule has 0 saturated carbocycles. The number of rotatable bonds is 5. The fraction of sp³-hybridized carbons (Fsp3) is 0.750. The van der Waals surface area contributed by atoms with Gasteiger partial charge in [0.1, 0.15) is 0 Å². The summed E-state index contributed by atoms with van der Waals surface area (Å²) in [5.74, 6) is -0.139. The number of hydrogen-bond acceptors (Lipinski definition) is 3. The maximum Gasteiger partial charge on any atom is 0.308 e. The largest absolute Gasteiger partial charge is 0.469 e. The van der Waals surface area contributed by atoms with Gasteiger partial charge in [-0.1, -0.05) is 19.1 Å². The van der Waals surface area contributed by atoms with Crippen LogP contribution in [-0.4, -0.2) is 25.2 Å². The van der Waals surface area contributed by atoms with Crippen molar-refractivity contribution in [2.75, 3.05) is 7.11 Å². The van der Waals surface area contributed by atoms with Crippen LogP contribution in [0, 0.1) is 5.92 Å². The number of methoxy groups -OCH3 is 1. The molecular weight excluding hydrogens is 190 g/mol. The van der Waals surface area contributed by atoms with E-state index < -0.39 is 0 Å². The van der Waals surface area contributed by atoms with Crippen LogP contribution in [0.25, 0.3) is 0 Å². The molecule has 86 valence electrons. The van der Waals surface area contributed by atoms with Gasteiger partial charge in [-0.2, -0.15) is 0 Å². The average Bonchev–Trinajstić information content (AvgIpc) is 2.68. The van der Waals surface area contributed by atoms with E-state index in [1.54, 1.807) is 0 Å². The summed E-state index contributed by atoms with van der Waals surface area (Å²) in [4.78, 5) is 11.2. The number of carbonyl (C=O) groups is 1. The predicted octanol–water partition coefficient (Wildman–Crippen LogP) is 1.88. The van der Waals surface area contributed by atoms with E-state index in [0.717, 1.165) is 19.3 Å². The van der Waals surface area contributed by atoms with Crippen LogP contribution in [0.1, 0.15) is 33.1 Å². The summed E-state index contributed by atoms with van der Waals surface area (Å²) in [6.07, 6.45) is 7.46. The first-order valence-corrected chi connectivity index (χ1v) is 5.62. The van der Waals surface area contributed by atoms with Crippen molar-refractivity contribution < 1.29 is 9.53 Å². The molecule has 0 fully saturated rings. The summed E-state index contributed by atoms with van der Waals surface area (Å²) in [6, 6.07) is 0.925. The van der Waals surface area contributed by atoms with Crippen molar-refractivity contribution in [3.63, 3.8) is 0 Å². The second-order valence-electron chi connectivity index (χ2n) is 4.37. The van der Waals surface area contributed by atoms with Crippen molar-refractivity contribution in [2.24, 2.45) is 5.92 Å². The molecule has 15 heavy (non-hydrogen) atoms. The summed E-state index contributed by atoms with van der Waals surface area (Å²) >= 11 is 0. The van der Waals surface area contributed by atoms with Gasteiger partial charge in [-0.15, -0.1) is 0 Å². The minimum Gasteiger partial charge on any atom is -0.469 e. The molecule has 0 spiro atoms. The quantitative estimate of drug-likeness (QED) is 0.557. The van der Waals surface area contributed by atoms with Crippen molar-refractivity contribution in [2.45, 2.75) is 45.2 Å². The van der Waals surface area contributed by atoms with Gasteiger partial charge in [0, 0.05) is 12.1 Å². The summed E-state index contributed by atoms with van der Waals surface area (Å²) in [5, 5.41) is 3.52. The maximum absolute atomic E-state index is 11.2. The van der Waals surface area contributed by atoms with Gasteiger partial charge >= 0.3 is 5.97 Å². The molecular formula is C12H21NO2. The van der Waals surface area contributed by atoms with E-state index in [2.05, 4.69) is 24.4 Å². The molecule has 0 radical (unpaired) electrons. The van der Waals surface area contributed by atoms with Crippen LogP contribution in [0.4, 0.5) is 0 Å². The molecule has 2 atom stereocenters. The van der Waals surface area contributed by atoms with Crippen LogP contribution in [-0.2, 0) is 9.53 Å². The SMILES string of the molecule is COC(=O)C(C)CC(C)NC1CC=CC1. The van der Waals surface area contributed by atoms with Crippen LogP contribution >= 0.6 is 0 Å². The number of esters is 1. The smallest absolute Gasteiger partial charge is 0.308 e. The van der Waals surface area contributed by atoms with Crippen molar-refractivity contribution >= 4 is 5.97 Å². The van der Waals surface area contributed by atoms with Crippen LogP contribution in [0.5, 0.6) is 0 Å². The van der Waals surface area contributed by atoms with Gasteiger partial charge in [0.2, 0.25) is 0 Å². The minimum atomic E-state index is -0.117. The van der Waals surface area contributed by atoms with Gasteiger partial charge in [-0.3, -0.25) is 4.79 Å². The molecule has 1 aliphatic rings. The molecule has 1 N–H and O–H groups in total. The molecule has 1 rings (SSSR count). The Labute approximate surface area is 91.9 Å². The predicted molar refractivity (Wildman–Crippen MR) is 60.6 cm³/mol. The van der Waals surface area contributed by atoms with Gasteiger partial charge in [0.05, 0.1) is 13.0 Å². The zero-order valence-corrected chi connectivity index (χ0v) is 9.82. The topological polar surface area (TPSA) is 38.3 Å². The zero-order valence-electron chi connectivity index (χ0n) is 9.82. The van der Waals surface area contributed by atoms with Crippen LogP contribution in [0.15, 0.2) is 12.2 Å². The molecule has 0 aromatic heterocycles. The first-order valence-electron chi connectivity index (χ1n) is 5.62. The maximum atomic E-state index is 11.2. The molecule has 0 saturated heterocycles. The molecule has 0 aromatic carbocycles. The lowest BCUT2D eigenvalue weighted by molar-refractivity contribution is -0.145. The molecule has 3 heteroatoms. The van der Waals surface area contributed by atoms with Crippen molar-refractivity contribution in [1.29, 1.82) is 0 Å². The van der Waals surface area contributed by atoms with Gasteiger partial charge in [0.15, 0.2) is 0 Å². The summed E-state index contributed by atoms with van der Waals surface area (Å²) in [5.41, 5.74) is 0. The number of carbonyl (C=O) groups excluding carboxylic acids is 1. The summed E-state index contributed by atoms with van der Waals surface area (Å²) < 4.78 is 4.70. The molecule has 3 nitrogen and oxygen atoms in total. The van der Waals surface area contributed by atoms with Crippen molar-refractivity contribution in [3.05, 3.63) is 12.2 Å². The van der Waals surface area contributed by atoms with E-state index in [1.807, 2.05) is 6.92 Å².